The fraction of sp³-hybridized carbons (Fsp3) is 0.632. The Balaban J connectivity index is 1.85. The fourth-order valence-electron chi connectivity index (χ4n) is 3.04. The maximum atomic E-state index is 12.3. The molecule has 0 aromatic heterocycles. The van der Waals surface area contributed by atoms with Crippen LogP contribution >= 0.6 is 0 Å². The molecule has 1 N–H and O–H groups in total. The van der Waals surface area contributed by atoms with Crippen LogP contribution in [0.5, 0.6) is 5.75 Å². The summed E-state index contributed by atoms with van der Waals surface area (Å²) in [4.78, 5) is 14.5. The largest absolute Gasteiger partial charge is 0.491 e. The van der Waals surface area contributed by atoms with Crippen LogP contribution in [0.15, 0.2) is 24.3 Å². The second-order valence-corrected chi connectivity index (χ2v) is 6.62. The van der Waals surface area contributed by atoms with Crippen LogP contribution in [0.3, 0.4) is 0 Å². The van der Waals surface area contributed by atoms with Gasteiger partial charge in [-0.05, 0) is 45.4 Å². The topological polar surface area (TPSA) is 41.6 Å². The molecule has 0 spiro atoms. The van der Waals surface area contributed by atoms with Crippen molar-refractivity contribution in [3.05, 3.63) is 24.3 Å². The second kappa shape index (κ2) is 8.92. The third-order valence-electron chi connectivity index (χ3n) is 4.62. The van der Waals surface area contributed by atoms with Crippen LogP contribution < -0.4 is 10.1 Å². The molecule has 1 aromatic rings. The van der Waals surface area contributed by atoms with Gasteiger partial charge in [0, 0.05) is 17.8 Å². The van der Waals surface area contributed by atoms with Crippen molar-refractivity contribution in [3.63, 3.8) is 0 Å². The molecule has 0 aliphatic heterocycles. The van der Waals surface area contributed by atoms with E-state index in [0.29, 0.717) is 12.6 Å². The molecule has 1 fully saturated rings. The number of nitrogens with one attached hydrogen (secondary N) is 1. The van der Waals surface area contributed by atoms with Gasteiger partial charge < -0.3 is 10.1 Å². The predicted octanol–water partition coefficient (Wildman–Crippen LogP) is 4.07. The number of anilines is 1. The number of hydrogen-bond donors (Lipinski definition) is 1. The number of likely N-dealkylation sites (N-methyl/N-ethyl adjacent to an activating group) is 1. The first-order chi connectivity index (χ1) is 11.1. The van der Waals surface area contributed by atoms with E-state index in [-0.39, 0.29) is 12.0 Å². The lowest BCUT2D eigenvalue weighted by molar-refractivity contribution is -0.117. The van der Waals surface area contributed by atoms with E-state index in [0.717, 1.165) is 17.9 Å². The molecule has 0 bridgehead atoms. The van der Waals surface area contributed by atoms with Crippen LogP contribution in [0, 0.1) is 0 Å². The zero-order valence-electron chi connectivity index (χ0n) is 14.7. The van der Waals surface area contributed by atoms with Gasteiger partial charge >= 0.3 is 0 Å². The zero-order valence-corrected chi connectivity index (χ0v) is 14.7. The average Bonchev–Trinajstić information content (AvgIpc) is 2.55. The van der Waals surface area contributed by atoms with Crippen LogP contribution in [-0.2, 0) is 4.79 Å². The lowest BCUT2D eigenvalue weighted by Crippen LogP contribution is -2.39. The van der Waals surface area contributed by atoms with Gasteiger partial charge in [0.05, 0.1) is 12.6 Å². The van der Waals surface area contributed by atoms with E-state index < -0.39 is 0 Å². The molecule has 1 aliphatic rings. The minimum absolute atomic E-state index is 0.0405. The monoisotopic (exact) mass is 318 g/mol. The van der Waals surface area contributed by atoms with Crippen LogP contribution in [0.2, 0.25) is 0 Å². The van der Waals surface area contributed by atoms with E-state index in [9.17, 15) is 4.79 Å². The number of ether oxygens (including phenoxy) is 1. The van der Waals surface area contributed by atoms with Gasteiger partial charge in [-0.2, -0.15) is 0 Å². The van der Waals surface area contributed by atoms with Crippen molar-refractivity contribution >= 4 is 11.6 Å². The number of hydrogen-bond acceptors (Lipinski definition) is 3. The van der Waals surface area contributed by atoms with E-state index >= 15 is 0 Å². The summed E-state index contributed by atoms with van der Waals surface area (Å²) in [5.41, 5.74) is 0.799. The first-order valence-electron chi connectivity index (χ1n) is 8.85. The molecule has 128 valence electrons. The van der Waals surface area contributed by atoms with Gasteiger partial charge in [0.1, 0.15) is 5.75 Å². The van der Waals surface area contributed by atoms with E-state index in [4.69, 9.17) is 4.74 Å². The molecule has 23 heavy (non-hydrogen) atoms. The molecule has 1 aromatic carbocycles. The Labute approximate surface area is 140 Å². The highest BCUT2D eigenvalue weighted by Crippen LogP contribution is 2.22. The van der Waals surface area contributed by atoms with Crippen LogP contribution in [-0.4, -0.2) is 36.5 Å². The van der Waals surface area contributed by atoms with Crippen molar-refractivity contribution in [1.82, 2.24) is 4.90 Å². The molecule has 0 saturated heterocycles. The van der Waals surface area contributed by atoms with Gasteiger partial charge in [-0.3, -0.25) is 9.69 Å². The number of carbonyl (C=O) groups excluding carboxylic acids is 1. The van der Waals surface area contributed by atoms with Crippen molar-refractivity contribution < 1.29 is 9.53 Å². The summed E-state index contributed by atoms with van der Waals surface area (Å²) < 4.78 is 5.80. The van der Waals surface area contributed by atoms with Crippen molar-refractivity contribution in [3.8, 4) is 5.75 Å². The number of rotatable bonds is 7. The van der Waals surface area contributed by atoms with Gasteiger partial charge in [-0.25, -0.2) is 0 Å². The number of amides is 1. The lowest BCUT2D eigenvalue weighted by Gasteiger charge is -2.30. The molecular formula is C19H30N2O2. The maximum Gasteiger partial charge on any atom is 0.238 e. The van der Waals surface area contributed by atoms with E-state index in [1.807, 2.05) is 31.2 Å². The van der Waals surface area contributed by atoms with Gasteiger partial charge in [-0.1, -0.05) is 32.3 Å². The Kier molecular flexibility index (Phi) is 6.90. The molecule has 4 nitrogen and oxygen atoms in total. The third kappa shape index (κ3) is 5.87. The molecule has 1 unspecified atom stereocenters. The molecule has 1 saturated carbocycles. The van der Waals surface area contributed by atoms with E-state index in [1.165, 1.54) is 32.1 Å². The quantitative estimate of drug-likeness (QED) is 0.824. The highest BCUT2D eigenvalue weighted by atomic mass is 16.5. The predicted molar refractivity (Wildman–Crippen MR) is 95.0 cm³/mol. The minimum Gasteiger partial charge on any atom is -0.491 e. The molecule has 2 rings (SSSR count). The number of carbonyl (C=O) groups is 1. The van der Waals surface area contributed by atoms with Crippen LogP contribution in [0.4, 0.5) is 5.69 Å². The van der Waals surface area contributed by atoms with Gasteiger partial charge in [0.25, 0.3) is 0 Å². The maximum absolute atomic E-state index is 12.3. The van der Waals surface area contributed by atoms with Crippen molar-refractivity contribution in [2.24, 2.45) is 0 Å². The van der Waals surface area contributed by atoms with Crippen molar-refractivity contribution in [1.29, 1.82) is 0 Å². The third-order valence-corrected chi connectivity index (χ3v) is 4.62. The Morgan fingerprint density at radius 1 is 1.35 bits per heavy atom. The highest BCUT2D eigenvalue weighted by Gasteiger charge is 2.19. The van der Waals surface area contributed by atoms with Crippen LogP contribution in [0.1, 0.15) is 52.4 Å². The molecule has 0 heterocycles. The molecule has 1 atom stereocenters. The standard InChI is InChI=1S/C19H30N2O2/c1-4-15(2)23-18-12-8-9-16(13-18)20-19(22)14-21(3)17-10-6-5-7-11-17/h8-9,12-13,15,17H,4-7,10-11,14H2,1-3H3,(H,20,22). The summed E-state index contributed by atoms with van der Waals surface area (Å²) >= 11 is 0. The van der Waals surface area contributed by atoms with Crippen LogP contribution in [0.25, 0.3) is 0 Å². The number of benzene rings is 1. The van der Waals surface area contributed by atoms with Crippen molar-refractivity contribution in [2.75, 3.05) is 18.9 Å². The van der Waals surface area contributed by atoms with Crippen molar-refractivity contribution in [2.45, 2.75) is 64.5 Å². The van der Waals surface area contributed by atoms with Gasteiger partial charge in [0.15, 0.2) is 0 Å². The molecule has 4 heteroatoms. The summed E-state index contributed by atoms with van der Waals surface area (Å²) in [7, 11) is 2.05. The van der Waals surface area contributed by atoms with E-state index in [2.05, 4.69) is 24.2 Å². The molecule has 0 radical (unpaired) electrons. The first-order valence-corrected chi connectivity index (χ1v) is 8.85. The summed E-state index contributed by atoms with van der Waals surface area (Å²) in [5, 5.41) is 2.98. The smallest absolute Gasteiger partial charge is 0.238 e. The zero-order chi connectivity index (χ0) is 16.7. The van der Waals surface area contributed by atoms with E-state index in [1.54, 1.807) is 0 Å². The average molecular weight is 318 g/mol. The van der Waals surface area contributed by atoms with Gasteiger partial charge in [0.2, 0.25) is 5.91 Å². The molecule has 1 aliphatic carbocycles. The van der Waals surface area contributed by atoms with Gasteiger partial charge in [-0.15, -0.1) is 0 Å². The Morgan fingerprint density at radius 2 is 2.09 bits per heavy atom. The highest BCUT2D eigenvalue weighted by molar-refractivity contribution is 5.92. The minimum atomic E-state index is 0.0405. The first kappa shape index (κ1) is 17.8. The summed E-state index contributed by atoms with van der Waals surface area (Å²) in [6.45, 7) is 4.59. The summed E-state index contributed by atoms with van der Waals surface area (Å²) in [6, 6.07) is 8.19. The Bertz CT molecular complexity index is 498. The summed E-state index contributed by atoms with van der Waals surface area (Å²) in [5.74, 6) is 0.844. The Morgan fingerprint density at radius 3 is 2.78 bits per heavy atom. The lowest BCUT2D eigenvalue weighted by atomic mass is 9.94. The second-order valence-electron chi connectivity index (χ2n) is 6.62. The fourth-order valence-corrected chi connectivity index (χ4v) is 3.04. The number of nitrogens with zero attached hydrogens (tertiary/aromatic N) is 1. The normalized spacial score (nSPS) is 17.0. The SMILES string of the molecule is CCC(C)Oc1cccc(NC(=O)CN(C)C2CCCCC2)c1. The molecule has 1 amide bonds. The molecular weight excluding hydrogens is 288 g/mol. The Hall–Kier alpha value is -1.55. The summed E-state index contributed by atoms with van der Waals surface area (Å²) in [6.07, 6.45) is 7.46.